The standard InChI is InChI=1S/C22H30N2O3S/c1-4-24(14-18-7-5-12-28-18)15-21(25)23-22(16(2)3)17-8-9-19-20(13-17)27-11-6-10-26-19/h5,7-9,12-13,16,22H,4,6,10-11,14-15H2,1-3H3,(H,23,25). The number of carbonyl (C=O) groups excluding carboxylic acids is 1. The van der Waals surface area contributed by atoms with Gasteiger partial charge in [-0.25, -0.2) is 0 Å². The highest BCUT2D eigenvalue weighted by atomic mass is 32.1. The number of nitrogens with one attached hydrogen (secondary N) is 1. The fourth-order valence-electron chi connectivity index (χ4n) is 3.33. The molecule has 0 saturated carbocycles. The van der Waals surface area contributed by atoms with Crippen molar-refractivity contribution in [3.63, 3.8) is 0 Å². The zero-order chi connectivity index (χ0) is 19.9. The number of nitrogens with zero attached hydrogens (tertiary/aromatic N) is 1. The molecule has 1 aromatic carbocycles. The van der Waals surface area contributed by atoms with Gasteiger partial charge in [-0.15, -0.1) is 11.3 Å². The molecule has 0 radical (unpaired) electrons. The Morgan fingerprint density at radius 3 is 2.68 bits per heavy atom. The highest BCUT2D eigenvalue weighted by molar-refractivity contribution is 7.09. The van der Waals surface area contributed by atoms with Gasteiger partial charge in [-0.1, -0.05) is 32.9 Å². The summed E-state index contributed by atoms with van der Waals surface area (Å²) in [7, 11) is 0. The third kappa shape index (κ3) is 5.49. The van der Waals surface area contributed by atoms with Crippen molar-refractivity contribution in [3.05, 3.63) is 46.2 Å². The molecule has 0 aliphatic carbocycles. The van der Waals surface area contributed by atoms with Crippen LogP contribution in [0, 0.1) is 5.92 Å². The van der Waals surface area contributed by atoms with E-state index >= 15 is 0 Å². The van der Waals surface area contributed by atoms with Crippen molar-refractivity contribution in [2.24, 2.45) is 5.92 Å². The zero-order valence-corrected chi connectivity index (χ0v) is 17.8. The summed E-state index contributed by atoms with van der Waals surface area (Å²) < 4.78 is 11.5. The Morgan fingerprint density at radius 1 is 1.21 bits per heavy atom. The van der Waals surface area contributed by atoms with Gasteiger partial charge in [0.15, 0.2) is 11.5 Å². The lowest BCUT2D eigenvalue weighted by Gasteiger charge is -2.26. The molecule has 2 heterocycles. The second-order valence-corrected chi connectivity index (χ2v) is 8.46. The summed E-state index contributed by atoms with van der Waals surface area (Å²) in [5, 5.41) is 5.30. The van der Waals surface area contributed by atoms with Gasteiger partial charge in [0.1, 0.15) is 0 Å². The number of hydrogen-bond donors (Lipinski definition) is 1. The van der Waals surface area contributed by atoms with E-state index in [1.807, 2.05) is 24.3 Å². The predicted molar refractivity (Wildman–Crippen MR) is 113 cm³/mol. The lowest BCUT2D eigenvalue weighted by molar-refractivity contribution is -0.123. The smallest absolute Gasteiger partial charge is 0.234 e. The third-order valence-corrected chi connectivity index (χ3v) is 5.75. The lowest BCUT2D eigenvalue weighted by atomic mass is 9.95. The second kappa shape index (κ2) is 9.94. The monoisotopic (exact) mass is 402 g/mol. The molecule has 28 heavy (non-hydrogen) atoms. The molecule has 1 N–H and O–H groups in total. The van der Waals surface area contributed by atoms with Crippen LogP contribution in [0.25, 0.3) is 0 Å². The first-order valence-corrected chi connectivity index (χ1v) is 10.9. The summed E-state index contributed by atoms with van der Waals surface area (Å²) in [5.74, 6) is 1.86. The summed E-state index contributed by atoms with van der Waals surface area (Å²) >= 11 is 1.73. The number of rotatable bonds is 8. The van der Waals surface area contributed by atoms with E-state index < -0.39 is 0 Å². The summed E-state index contributed by atoms with van der Waals surface area (Å²) in [4.78, 5) is 16.2. The molecule has 152 valence electrons. The molecule has 1 aliphatic rings. The highest BCUT2D eigenvalue weighted by Crippen LogP contribution is 2.34. The van der Waals surface area contributed by atoms with Crippen LogP contribution in [0.1, 0.15) is 43.7 Å². The van der Waals surface area contributed by atoms with Crippen LogP contribution in [0.4, 0.5) is 0 Å². The number of hydrogen-bond acceptors (Lipinski definition) is 5. The molecule has 0 bridgehead atoms. The van der Waals surface area contributed by atoms with Gasteiger partial charge in [0.2, 0.25) is 5.91 Å². The Kier molecular flexibility index (Phi) is 7.34. The van der Waals surface area contributed by atoms with Crippen LogP contribution in [0.5, 0.6) is 11.5 Å². The number of thiophene rings is 1. The number of ether oxygens (including phenoxy) is 2. The van der Waals surface area contributed by atoms with Crippen molar-refractivity contribution in [1.29, 1.82) is 0 Å². The molecule has 3 rings (SSSR count). The minimum Gasteiger partial charge on any atom is -0.490 e. The molecule has 1 atom stereocenters. The van der Waals surface area contributed by atoms with Crippen LogP contribution in [-0.4, -0.2) is 37.1 Å². The number of benzene rings is 1. The van der Waals surface area contributed by atoms with Gasteiger partial charge >= 0.3 is 0 Å². The van der Waals surface area contributed by atoms with Crippen LogP contribution in [0.15, 0.2) is 35.7 Å². The van der Waals surface area contributed by atoms with E-state index in [-0.39, 0.29) is 17.9 Å². The quantitative estimate of drug-likeness (QED) is 0.717. The Morgan fingerprint density at radius 2 is 2.00 bits per heavy atom. The van der Waals surface area contributed by atoms with Gasteiger partial charge in [0.05, 0.1) is 25.8 Å². The van der Waals surface area contributed by atoms with Crippen molar-refractivity contribution in [2.75, 3.05) is 26.3 Å². The molecular formula is C22H30N2O3S. The van der Waals surface area contributed by atoms with E-state index in [0.717, 1.165) is 36.6 Å². The van der Waals surface area contributed by atoms with Crippen molar-refractivity contribution >= 4 is 17.2 Å². The first-order chi connectivity index (χ1) is 13.6. The molecule has 0 fully saturated rings. The van der Waals surface area contributed by atoms with Crippen LogP contribution in [0.2, 0.25) is 0 Å². The molecular weight excluding hydrogens is 372 g/mol. The van der Waals surface area contributed by atoms with Crippen LogP contribution in [0.3, 0.4) is 0 Å². The number of carbonyl (C=O) groups is 1. The van der Waals surface area contributed by atoms with Crippen LogP contribution < -0.4 is 14.8 Å². The summed E-state index contributed by atoms with van der Waals surface area (Å²) in [6.07, 6.45) is 0.880. The molecule has 5 nitrogen and oxygen atoms in total. The van der Waals surface area contributed by atoms with Crippen molar-refractivity contribution in [1.82, 2.24) is 10.2 Å². The third-order valence-electron chi connectivity index (χ3n) is 4.89. The van der Waals surface area contributed by atoms with E-state index in [1.54, 1.807) is 11.3 Å². The Balaban J connectivity index is 1.67. The number of likely N-dealkylation sites (N-methyl/N-ethyl adjacent to an activating group) is 1. The van der Waals surface area contributed by atoms with Gasteiger partial charge in [-0.2, -0.15) is 0 Å². The predicted octanol–water partition coefficient (Wildman–Crippen LogP) is 4.24. The van der Waals surface area contributed by atoms with E-state index in [4.69, 9.17) is 9.47 Å². The van der Waals surface area contributed by atoms with Crippen LogP contribution >= 0.6 is 11.3 Å². The van der Waals surface area contributed by atoms with Gasteiger partial charge in [-0.3, -0.25) is 9.69 Å². The molecule has 0 saturated heterocycles. The average molecular weight is 403 g/mol. The van der Waals surface area contributed by atoms with Gasteiger partial charge < -0.3 is 14.8 Å². The maximum Gasteiger partial charge on any atom is 0.234 e. The van der Waals surface area contributed by atoms with Crippen molar-refractivity contribution in [2.45, 2.75) is 39.8 Å². The summed E-state index contributed by atoms with van der Waals surface area (Å²) in [6, 6.07) is 10.1. The molecule has 2 aromatic rings. The first kappa shape index (κ1) is 20.7. The molecule has 1 amide bonds. The van der Waals surface area contributed by atoms with Gasteiger partial charge in [-0.05, 0) is 41.6 Å². The molecule has 1 aliphatic heterocycles. The minimum atomic E-state index is -0.0647. The van der Waals surface area contributed by atoms with Gasteiger partial charge in [0, 0.05) is 17.8 Å². The Bertz CT molecular complexity index is 761. The fraction of sp³-hybridized carbons (Fsp3) is 0.500. The molecule has 0 spiro atoms. The second-order valence-electron chi connectivity index (χ2n) is 7.43. The maximum absolute atomic E-state index is 12.8. The first-order valence-electron chi connectivity index (χ1n) is 10.0. The summed E-state index contributed by atoms with van der Waals surface area (Å²) in [5.41, 5.74) is 1.05. The van der Waals surface area contributed by atoms with E-state index in [0.29, 0.717) is 19.8 Å². The van der Waals surface area contributed by atoms with E-state index in [1.165, 1.54) is 4.88 Å². The van der Waals surface area contributed by atoms with Crippen LogP contribution in [-0.2, 0) is 11.3 Å². The lowest BCUT2D eigenvalue weighted by Crippen LogP contribution is -2.40. The zero-order valence-electron chi connectivity index (χ0n) is 16.9. The van der Waals surface area contributed by atoms with Crippen molar-refractivity contribution < 1.29 is 14.3 Å². The largest absolute Gasteiger partial charge is 0.490 e. The Labute approximate surface area is 171 Å². The number of fused-ring (bicyclic) bond motifs is 1. The van der Waals surface area contributed by atoms with E-state index in [2.05, 4.69) is 42.4 Å². The average Bonchev–Trinajstić information content (AvgIpc) is 3.07. The molecule has 6 heteroatoms. The number of amides is 1. The summed E-state index contributed by atoms with van der Waals surface area (Å²) in [6.45, 7) is 9.69. The maximum atomic E-state index is 12.8. The normalized spacial score (nSPS) is 14.8. The highest BCUT2D eigenvalue weighted by Gasteiger charge is 2.22. The van der Waals surface area contributed by atoms with E-state index in [9.17, 15) is 4.79 Å². The minimum absolute atomic E-state index is 0.0456. The fourth-order valence-corrected chi connectivity index (χ4v) is 4.08. The Hall–Kier alpha value is -2.05. The van der Waals surface area contributed by atoms with Gasteiger partial charge in [0.25, 0.3) is 0 Å². The topological polar surface area (TPSA) is 50.8 Å². The molecule has 1 aromatic heterocycles. The molecule has 1 unspecified atom stereocenters. The van der Waals surface area contributed by atoms with Crippen molar-refractivity contribution in [3.8, 4) is 11.5 Å². The SMILES string of the molecule is CCN(CC(=O)NC(c1ccc2c(c1)OCCCO2)C(C)C)Cc1cccs1.